The largest absolute Gasteiger partial charge is 0.493 e. The molecule has 27 heavy (non-hydrogen) atoms. The Bertz CT molecular complexity index is 860. The second-order valence-electron chi connectivity index (χ2n) is 6.16. The van der Waals surface area contributed by atoms with Gasteiger partial charge in [-0.3, -0.25) is 4.79 Å². The van der Waals surface area contributed by atoms with Gasteiger partial charge in [0, 0.05) is 31.1 Å². The van der Waals surface area contributed by atoms with Gasteiger partial charge in [-0.1, -0.05) is 48.5 Å². The summed E-state index contributed by atoms with van der Waals surface area (Å²) in [7, 11) is 0. The first kappa shape index (κ1) is 18.5. The van der Waals surface area contributed by atoms with Crippen LogP contribution >= 0.6 is 0 Å². The molecule has 0 bridgehead atoms. The molecule has 3 aromatic carbocycles. The van der Waals surface area contributed by atoms with E-state index >= 15 is 0 Å². The van der Waals surface area contributed by atoms with Crippen molar-refractivity contribution in [2.24, 2.45) is 0 Å². The van der Waals surface area contributed by atoms with E-state index in [1.165, 1.54) is 12.5 Å². The zero-order valence-corrected chi connectivity index (χ0v) is 15.4. The number of ether oxygens (including phenoxy) is 2. The van der Waals surface area contributed by atoms with E-state index in [-0.39, 0.29) is 5.97 Å². The molecule has 0 aliphatic rings. The first-order valence-corrected chi connectivity index (χ1v) is 8.98. The molecule has 4 heteroatoms. The number of para-hydroxylation sites is 1. The van der Waals surface area contributed by atoms with E-state index in [9.17, 15) is 4.79 Å². The van der Waals surface area contributed by atoms with Gasteiger partial charge < -0.3 is 14.8 Å². The SMILES string of the molecule is CC(=O)Oc1ccc(NCc2ccccc2OCCc2ccccc2)cc1. The summed E-state index contributed by atoms with van der Waals surface area (Å²) >= 11 is 0. The molecule has 0 amide bonds. The van der Waals surface area contributed by atoms with Crippen molar-refractivity contribution >= 4 is 11.7 Å². The van der Waals surface area contributed by atoms with E-state index < -0.39 is 0 Å². The van der Waals surface area contributed by atoms with Crippen LogP contribution in [0.5, 0.6) is 11.5 Å². The summed E-state index contributed by atoms with van der Waals surface area (Å²) in [5.41, 5.74) is 3.31. The van der Waals surface area contributed by atoms with Crippen LogP contribution in [-0.2, 0) is 17.8 Å². The Balaban J connectivity index is 1.55. The Hall–Kier alpha value is -3.27. The average molecular weight is 361 g/mol. The number of nitrogens with one attached hydrogen (secondary N) is 1. The van der Waals surface area contributed by atoms with Gasteiger partial charge in [-0.15, -0.1) is 0 Å². The molecule has 3 rings (SSSR count). The highest BCUT2D eigenvalue weighted by Crippen LogP contribution is 2.21. The van der Waals surface area contributed by atoms with Gasteiger partial charge in [0.25, 0.3) is 0 Å². The van der Waals surface area contributed by atoms with Gasteiger partial charge in [0.2, 0.25) is 0 Å². The highest BCUT2D eigenvalue weighted by atomic mass is 16.5. The van der Waals surface area contributed by atoms with E-state index in [1.54, 1.807) is 12.1 Å². The first-order chi connectivity index (χ1) is 13.2. The summed E-state index contributed by atoms with van der Waals surface area (Å²) in [5.74, 6) is 1.10. The average Bonchev–Trinajstić information content (AvgIpc) is 2.69. The molecular weight excluding hydrogens is 338 g/mol. The van der Waals surface area contributed by atoms with E-state index in [2.05, 4.69) is 23.5 Å². The molecule has 0 aromatic heterocycles. The number of hydrogen-bond acceptors (Lipinski definition) is 4. The summed E-state index contributed by atoms with van der Waals surface area (Å²) in [6, 6.07) is 25.7. The Labute approximate surface area is 159 Å². The van der Waals surface area contributed by atoms with Crippen LogP contribution in [0.15, 0.2) is 78.9 Å². The van der Waals surface area contributed by atoms with Crippen LogP contribution in [0.25, 0.3) is 0 Å². The molecule has 0 saturated heterocycles. The third-order valence-electron chi connectivity index (χ3n) is 4.06. The van der Waals surface area contributed by atoms with Crippen molar-refractivity contribution in [3.8, 4) is 11.5 Å². The summed E-state index contributed by atoms with van der Waals surface area (Å²) in [6.45, 7) is 2.67. The molecule has 0 aliphatic heterocycles. The number of rotatable bonds is 8. The van der Waals surface area contributed by atoms with Gasteiger partial charge in [0.1, 0.15) is 11.5 Å². The minimum absolute atomic E-state index is 0.322. The predicted octanol–water partition coefficient (Wildman–Crippen LogP) is 4.85. The van der Waals surface area contributed by atoms with E-state index in [0.717, 1.165) is 23.4 Å². The van der Waals surface area contributed by atoms with Crippen LogP contribution in [0.1, 0.15) is 18.1 Å². The fourth-order valence-electron chi connectivity index (χ4n) is 2.72. The molecule has 0 atom stereocenters. The lowest BCUT2D eigenvalue weighted by Gasteiger charge is -2.13. The van der Waals surface area contributed by atoms with E-state index in [1.807, 2.05) is 48.5 Å². The van der Waals surface area contributed by atoms with E-state index in [4.69, 9.17) is 9.47 Å². The lowest BCUT2D eigenvalue weighted by molar-refractivity contribution is -0.131. The molecule has 0 radical (unpaired) electrons. The third-order valence-corrected chi connectivity index (χ3v) is 4.06. The van der Waals surface area contributed by atoms with Crippen LogP contribution in [0.4, 0.5) is 5.69 Å². The zero-order chi connectivity index (χ0) is 18.9. The van der Waals surface area contributed by atoms with Crippen molar-refractivity contribution in [1.29, 1.82) is 0 Å². The van der Waals surface area contributed by atoms with Gasteiger partial charge in [-0.05, 0) is 35.9 Å². The van der Waals surface area contributed by atoms with Gasteiger partial charge in [0.05, 0.1) is 6.61 Å². The number of esters is 1. The highest BCUT2D eigenvalue weighted by molar-refractivity contribution is 5.69. The number of hydrogen-bond donors (Lipinski definition) is 1. The Morgan fingerprint density at radius 3 is 2.33 bits per heavy atom. The predicted molar refractivity (Wildman–Crippen MR) is 107 cm³/mol. The maximum Gasteiger partial charge on any atom is 0.308 e. The van der Waals surface area contributed by atoms with E-state index in [0.29, 0.717) is 18.9 Å². The maximum absolute atomic E-state index is 11.0. The van der Waals surface area contributed by atoms with Crippen LogP contribution in [0.2, 0.25) is 0 Å². The van der Waals surface area contributed by atoms with Crippen LogP contribution in [0.3, 0.4) is 0 Å². The fraction of sp³-hybridized carbons (Fsp3) is 0.174. The Kier molecular flexibility index (Phi) is 6.47. The molecule has 4 nitrogen and oxygen atoms in total. The second kappa shape index (κ2) is 9.43. The fourth-order valence-corrected chi connectivity index (χ4v) is 2.72. The minimum Gasteiger partial charge on any atom is -0.493 e. The molecule has 0 heterocycles. The third kappa shape index (κ3) is 5.89. The number of anilines is 1. The second-order valence-corrected chi connectivity index (χ2v) is 6.16. The Morgan fingerprint density at radius 2 is 1.59 bits per heavy atom. The number of carbonyl (C=O) groups is 1. The van der Waals surface area contributed by atoms with Gasteiger partial charge >= 0.3 is 5.97 Å². The highest BCUT2D eigenvalue weighted by Gasteiger charge is 2.04. The molecular formula is C23H23NO3. The summed E-state index contributed by atoms with van der Waals surface area (Å²) in [6.07, 6.45) is 0.875. The molecule has 0 aliphatic carbocycles. The molecule has 0 fully saturated rings. The van der Waals surface area contributed by atoms with Crippen molar-refractivity contribution in [2.45, 2.75) is 19.9 Å². The molecule has 138 valence electrons. The van der Waals surface area contributed by atoms with Gasteiger partial charge in [-0.2, -0.15) is 0 Å². The van der Waals surface area contributed by atoms with Crippen LogP contribution < -0.4 is 14.8 Å². The molecule has 0 spiro atoms. The van der Waals surface area contributed by atoms with Gasteiger partial charge in [-0.25, -0.2) is 0 Å². The molecule has 1 N–H and O–H groups in total. The van der Waals surface area contributed by atoms with Crippen molar-refractivity contribution in [2.75, 3.05) is 11.9 Å². The minimum atomic E-state index is -0.322. The lowest BCUT2D eigenvalue weighted by Crippen LogP contribution is -2.06. The maximum atomic E-state index is 11.0. The zero-order valence-electron chi connectivity index (χ0n) is 15.4. The van der Waals surface area contributed by atoms with Crippen LogP contribution in [0, 0.1) is 0 Å². The van der Waals surface area contributed by atoms with Crippen molar-refractivity contribution < 1.29 is 14.3 Å². The van der Waals surface area contributed by atoms with Crippen LogP contribution in [-0.4, -0.2) is 12.6 Å². The molecule has 3 aromatic rings. The first-order valence-electron chi connectivity index (χ1n) is 8.98. The lowest BCUT2D eigenvalue weighted by atomic mass is 10.1. The Morgan fingerprint density at radius 1 is 0.889 bits per heavy atom. The number of benzene rings is 3. The van der Waals surface area contributed by atoms with Crippen molar-refractivity contribution in [3.63, 3.8) is 0 Å². The molecule has 0 saturated carbocycles. The topological polar surface area (TPSA) is 47.6 Å². The quantitative estimate of drug-likeness (QED) is 0.460. The number of carbonyl (C=O) groups excluding carboxylic acids is 1. The van der Waals surface area contributed by atoms with Gasteiger partial charge in [0.15, 0.2) is 0 Å². The summed E-state index contributed by atoms with van der Waals surface area (Å²) < 4.78 is 11.0. The van der Waals surface area contributed by atoms with Crippen molar-refractivity contribution in [3.05, 3.63) is 90.0 Å². The van der Waals surface area contributed by atoms with Crippen molar-refractivity contribution in [1.82, 2.24) is 0 Å². The standard InChI is InChI=1S/C23H23NO3/c1-18(25)27-22-13-11-21(12-14-22)24-17-20-9-5-6-10-23(20)26-16-15-19-7-3-2-4-8-19/h2-14,24H,15-17H2,1H3. The summed E-state index contributed by atoms with van der Waals surface area (Å²) in [4.78, 5) is 11.0. The summed E-state index contributed by atoms with van der Waals surface area (Å²) in [5, 5.41) is 3.37. The molecule has 0 unspecified atom stereocenters. The monoisotopic (exact) mass is 361 g/mol. The normalized spacial score (nSPS) is 10.3. The smallest absolute Gasteiger partial charge is 0.308 e.